The van der Waals surface area contributed by atoms with Crippen LogP contribution in [0, 0.1) is 40.4 Å². The second kappa shape index (κ2) is 6.94. The molecule has 4 rings (SSSR count). The van der Waals surface area contributed by atoms with Crippen LogP contribution in [-0.4, -0.2) is 11.2 Å². The highest BCUT2D eigenvalue weighted by Crippen LogP contribution is 2.67. The summed E-state index contributed by atoms with van der Waals surface area (Å²) in [5, 5.41) is 10.2. The van der Waals surface area contributed by atoms with Gasteiger partial charge in [-0.25, -0.2) is 0 Å². The molecule has 1 nitrogen and oxygen atoms in total. The Kier molecular flexibility index (Phi) is 5.08. The molecule has 148 valence electrons. The van der Waals surface area contributed by atoms with Crippen LogP contribution in [0.25, 0.3) is 0 Å². The van der Waals surface area contributed by atoms with Crippen molar-refractivity contribution in [2.24, 2.45) is 40.4 Å². The Morgan fingerprint density at radius 1 is 1.12 bits per heavy atom. The average Bonchev–Trinajstić information content (AvgIpc) is 2.97. The van der Waals surface area contributed by atoms with Crippen LogP contribution in [0.3, 0.4) is 0 Å². The number of unbranched alkanes of at least 4 members (excludes halogenated alkanes) is 1. The van der Waals surface area contributed by atoms with E-state index in [0.29, 0.717) is 10.8 Å². The van der Waals surface area contributed by atoms with Gasteiger partial charge in [-0.15, -0.1) is 0 Å². The monoisotopic (exact) mass is 358 g/mol. The van der Waals surface area contributed by atoms with Gasteiger partial charge in [-0.3, -0.25) is 0 Å². The lowest BCUT2D eigenvalue weighted by Crippen LogP contribution is -2.50. The van der Waals surface area contributed by atoms with Crippen LogP contribution in [0.5, 0.6) is 0 Å². The Morgan fingerprint density at radius 2 is 1.92 bits per heavy atom. The van der Waals surface area contributed by atoms with E-state index in [1.807, 2.05) is 0 Å². The summed E-state index contributed by atoms with van der Waals surface area (Å²) >= 11 is 0. The van der Waals surface area contributed by atoms with Crippen molar-refractivity contribution in [3.63, 3.8) is 0 Å². The van der Waals surface area contributed by atoms with Crippen LogP contribution < -0.4 is 0 Å². The van der Waals surface area contributed by atoms with E-state index in [1.54, 1.807) is 5.57 Å². The van der Waals surface area contributed by atoms with Crippen LogP contribution >= 0.6 is 0 Å². The van der Waals surface area contributed by atoms with Crippen molar-refractivity contribution >= 4 is 0 Å². The van der Waals surface area contributed by atoms with E-state index in [1.165, 1.54) is 57.8 Å². The SMILES string of the molecule is CCCCC(C)[C@H]1CCC2C3CC=C4C[C@@H](O)CC[C@]4(C)C3CC[C@@]21C. The smallest absolute Gasteiger partial charge is 0.0577 e. The third-order valence-electron chi connectivity index (χ3n) is 9.85. The molecule has 0 aromatic rings. The van der Waals surface area contributed by atoms with Crippen molar-refractivity contribution < 1.29 is 5.11 Å². The predicted molar refractivity (Wildman–Crippen MR) is 110 cm³/mol. The molecule has 3 fully saturated rings. The largest absolute Gasteiger partial charge is 0.393 e. The first-order valence-corrected chi connectivity index (χ1v) is 11.8. The Balaban J connectivity index is 1.56. The Hall–Kier alpha value is -0.300. The lowest BCUT2D eigenvalue weighted by atomic mass is 9.47. The summed E-state index contributed by atoms with van der Waals surface area (Å²) in [5.41, 5.74) is 2.62. The van der Waals surface area contributed by atoms with Gasteiger partial charge in [-0.05, 0) is 91.8 Å². The molecule has 0 spiro atoms. The fourth-order valence-electron chi connectivity index (χ4n) is 8.34. The molecule has 26 heavy (non-hydrogen) atoms. The Morgan fingerprint density at radius 3 is 2.69 bits per heavy atom. The predicted octanol–water partition coefficient (Wildman–Crippen LogP) is 6.75. The van der Waals surface area contributed by atoms with Gasteiger partial charge in [0.05, 0.1) is 6.10 Å². The molecule has 3 saturated carbocycles. The second-order valence-electron chi connectivity index (χ2n) is 11.0. The van der Waals surface area contributed by atoms with Crippen LogP contribution in [0.4, 0.5) is 0 Å². The molecule has 0 aliphatic heterocycles. The van der Waals surface area contributed by atoms with E-state index >= 15 is 0 Å². The van der Waals surface area contributed by atoms with Crippen molar-refractivity contribution in [3.05, 3.63) is 11.6 Å². The molecular weight excluding hydrogens is 316 g/mol. The van der Waals surface area contributed by atoms with E-state index in [-0.39, 0.29) is 6.10 Å². The third kappa shape index (κ3) is 2.83. The highest BCUT2D eigenvalue weighted by molar-refractivity contribution is 5.25. The third-order valence-corrected chi connectivity index (χ3v) is 9.85. The van der Waals surface area contributed by atoms with Gasteiger partial charge >= 0.3 is 0 Å². The molecule has 1 heteroatoms. The van der Waals surface area contributed by atoms with Gasteiger partial charge in [0.1, 0.15) is 0 Å². The summed E-state index contributed by atoms with van der Waals surface area (Å²) in [7, 11) is 0. The van der Waals surface area contributed by atoms with Crippen molar-refractivity contribution in [2.45, 2.75) is 104 Å². The number of fused-ring (bicyclic) bond motifs is 5. The van der Waals surface area contributed by atoms with Crippen molar-refractivity contribution in [2.75, 3.05) is 0 Å². The average molecular weight is 359 g/mol. The molecule has 0 radical (unpaired) electrons. The molecule has 0 amide bonds. The lowest BCUT2D eigenvalue weighted by Gasteiger charge is -2.58. The molecule has 8 atom stereocenters. The van der Waals surface area contributed by atoms with Crippen LogP contribution in [-0.2, 0) is 0 Å². The fraction of sp³-hybridized carbons (Fsp3) is 0.920. The topological polar surface area (TPSA) is 20.2 Å². The standard InChI is InChI=1S/C25H42O/c1-5-6-7-17(2)21-10-11-22-20-9-8-18-16-19(26)12-14-24(18,3)23(20)13-15-25(21,22)4/h8,17,19-23,26H,5-7,9-16H2,1-4H3/t17?,19-,20?,21+,22?,23?,24-,25+/m0/s1. The van der Waals surface area contributed by atoms with Gasteiger partial charge in [0, 0.05) is 0 Å². The summed E-state index contributed by atoms with van der Waals surface area (Å²) < 4.78 is 0. The van der Waals surface area contributed by atoms with E-state index in [9.17, 15) is 5.11 Å². The number of hydrogen-bond donors (Lipinski definition) is 1. The van der Waals surface area contributed by atoms with Gasteiger partial charge < -0.3 is 5.11 Å². The maximum absolute atomic E-state index is 10.2. The van der Waals surface area contributed by atoms with E-state index in [0.717, 1.165) is 42.4 Å². The van der Waals surface area contributed by atoms with Gasteiger partial charge in [-0.2, -0.15) is 0 Å². The van der Waals surface area contributed by atoms with Gasteiger partial charge in [0.2, 0.25) is 0 Å². The quantitative estimate of drug-likeness (QED) is 0.551. The molecular formula is C25H42O. The molecule has 0 aromatic heterocycles. The van der Waals surface area contributed by atoms with Crippen molar-refractivity contribution in [3.8, 4) is 0 Å². The summed E-state index contributed by atoms with van der Waals surface area (Å²) in [6.07, 6.45) is 17.1. The number of aliphatic hydroxyl groups is 1. The van der Waals surface area contributed by atoms with Crippen molar-refractivity contribution in [1.29, 1.82) is 0 Å². The minimum absolute atomic E-state index is 0.0741. The zero-order valence-electron chi connectivity index (χ0n) is 17.8. The molecule has 4 aliphatic carbocycles. The molecule has 0 aromatic carbocycles. The number of allylic oxidation sites excluding steroid dienone is 1. The molecule has 4 aliphatic rings. The van der Waals surface area contributed by atoms with Crippen molar-refractivity contribution in [1.82, 2.24) is 0 Å². The normalized spacial score (nSPS) is 49.0. The molecule has 0 bridgehead atoms. The number of aliphatic hydroxyl groups excluding tert-OH is 1. The summed E-state index contributed by atoms with van der Waals surface area (Å²) in [6.45, 7) is 10.1. The van der Waals surface area contributed by atoms with Crippen LogP contribution in [0.15, 0.2) is 11.6 Å². The van der Waals surface area contributed by atoms with Gasteiger partial charge in [-0.1, -0.05) is 58.6 Å². The lowest BCUT2D eigenvalue weighted by molar-refractivity contribution is -0.0572. The first-order chi connectivity index (χ1) is 12.4. The van der Waals surface area contributed by atoms with E-state index in [2.05, 4.69) is 33.8 Å². The molecule has 0 heterocycles. The van der Waals surface area contributed by atoms with Gasteiger partial charge in [0.25, 0.3) is 0 Å². The zero-order chi connectivity index (χ0) is 18.5. The minimum Gasteiger partial charge on any atom is -0.393 e. The van der Waals surface area contributed by atoms with Gasteiger partial charge in [0.15, 0.2) is 0 Å². The maximum Gasteiger partial charge on any atom is 0.0577 e. The summed E-state index contributed by atoms with van der Waals surface area (Å²) in [6, 6.07) is 0. The highest BCUT2D eigenvalue weighted by atomic mass is 16.3. The Bertz CT molecular complexity index is 550. The summed E-state index contributed by atoms with van der Waals surface area (Å²) in [4.78, 5) is 0. The minimum atomic E-state index is -0.0741. The first-order valence-electron chi connectivity index (χ1n) is 11.8. The van der Waals surface area contributed by atoms with Crippen LogP contribution in [0.2, 0.25) is 0 Å². The maximum atomic E-state index is 10.2. The zero-order valence-corrected chi connectivity index (χ0v) is 17.8. The summed E-state index contributed by atoms with van der Waals surface area (Å²) in [5.74, 6) is 4.64. The number of hydrogen-bond acceptors (Lipinski definition) is 1. The molecule has 0 saturated heterocycles. The molecule has 4 unspecified atom stereocenters. The number of rotatable bonds is 4. The highest BCUT2D eigenvalue weighted by Gasteiger charge is 2.58. The second-order valence-corrected chi connectivity index (χ2v) is 11.0. The van der Waals surface area contributed by atoms with Crippen LogP contribution in [0.1, 0.15) is 98.3 Å². The molecule has 1 N–H and O–H groups in total. The Labute approximate surface area is 162 Å². The first kappa shape index (κ1) is 19.0. The van der Waals surface area contributed by atoms with E-state index in [4.69, 9.17) is 0 Å². The fourth-order valence-corrected chi connectivity index (χ4v) is 8.34. The van der Waals surface area contributed by atoms with E-state index < -0.39 is 0 Å².